The lowest BCUT2D eigenvalue weighted by molar-refractivity contribution is 0.0904. The molecule has 1 aliphatic rings. The molecule has 5 rings (SSSR count). The summed E-state index contributed by atoms with van der Waals surface area (Å²) in [6.07, 6.45) is 3.38. The smallest absolute Gasteiger partial charge is 0.242 e. The third-order valence-electron chi connectivity index (χ3n) is 6.24. The van der Waals surface area contributed by atoms with Gasteiger partial charge in [-0.15, -0.1) is 0 Å². The zero-order valence-corrected chi connectivity index (χ0v) is 21.7. The minimum Gasteiger partial charge on any atom is -0.495 e. The minimum atomic E-state index is -3.55. The van der Waals surface area contributed by atoms with E-state index in [1.807, 2.05) is 24.3 Å². The van der Waals surface area contributed by atoms with Gasteiger partial charge in [0.2, 0.25) is 16.0 Å². The molecule has 0 amide bonds. The van der Waals surface area contributed by atoms with Crippen LogP contribution in [-0.2, 0) is 14.8 Å². The summed E-state index contributed by atoms with van der Waals surface area (Å²) >= 11 is 0. The number of aromatic amines is 1. The lowest BCUT2D eigenvalue weighted by Crippen LogP contribution is -2.28. The number of nitrogens with one attached hydrogen (secondary N) is 3. The molecule has 0 unspecified atom stereocenters. The highest BCUT2D eigenvalue weighted by atomic mass is 32.2. The summed E-state index contributed by atoms with van der Waals surface area (Å²) in [7, 11) is 1.06. The van der Waals surface area contributed by atoms with Crippen molar-refractivity contribution in [2.45, 2.75) is 23.8 Å². The van der Waals surface area contributed by atoms with Gasteiger partial charge in [-0.25, -0.2) is 17.7 Å². The molecule has 1 aliphatic heterocycles. The molecule has 0 atom stereocenters. The van der Waals surface area contributed by atoms with Crippen LogP contribution in [0.3, 0.4) is 0 Å². The highest BCUT2D eigenvalue weighted by molar-refractivity contribution is 7.89. The zero-order valence-electron chi connectivity index (χ0n) is 20.9. The number of benzene rings is 2. The molecule has 0 saturated carbocycles. The normalized spacial score (nSPS) is 14.7. The minimum absolute atomic E-state index is 0.224. The number of nitrogens with zero attached hydrogens (tertiary/aromatic N) is 4. The first-order chi connectivity index (χ1) is 17.8. The van der Waals surface area contributed by atoms with Crippen LogP contribution in [-0.4, -0.2) is 73.1 Å². The molecule has 4 aromatic rings. The Morgan fingerprint density at radius 2 is 1.86 bits per heavy atom. The molecule has 194 valence electrons. The van der Waals surface area contributed by atoms with Crippen LogP contribution < -0.4 is 15.4 Å². The Balaban J connectivity index is 1.44. The molecular formula is C25H29N7O4S. The number of fused-ring (bicyclic) bond motifs is 1. The topological polar surface area (TPSA) is 134 Å². The summed E-state index contributed by atoms with van der Waals surface area (Å²) in [5.41, 5.74) is 3.52. The van der Waals surface area contributed by atoms with Crippen LogP contribution in [0, 0.1) is 0 Å². The molecule has 12 heteroatoms. The summed E-state index contributed by atoms with van der Waals surface area (Å²) in [5.74, 6) is 1.59. The van der Waals surface area contributed by atoms with E-state index in [1.165, 1.54) is 18.4 Å². The molecule has 0 radical (unpaired) electrons. The molecule has 0 aliphatic carbocycles. The van der Waals surface area contributed by atoms with Crippen molar-refractivity contribution < 1.29 is 17.9 Å². The number of sulfonamides is 1. The summed E-state index contributed by atoms with van der Waals surface area (Å²) in [5, 5.41) is 6.73. The SMILES string of the molecule is COc1cc(-c2cccc(S(=O)(=O)N(C)C)c2)ccc1Nc1nc(NC2CCOCC2)c2nc[nH]c2n1. The van der Waals surface area contributed by atoms with Crippen LogP contribution in [0.15, 0.2) is 53.7 Å². The van der Waals surface area contributed by atoms with Crippen LogP contribution in [0.4, 0.5) is 17.5 Å². The molecule has 11 nitrogen and oxygen atoms in total. The van der Waals surface area contributed by atoms with E-state index in [0.717, 1.165) is 24.0 Å². The number of hydrogen-bond acceptors (Lipinski definition) is 9. The maximum Gasteiger partial charge on any atom is 0.242 e. The lowest BCUT2D eigenvalue weighted by Gasteiger charge is -2.23. The number of H-pyrrole nitrogens is 1. The van der Waals surface area contributed by atoms with Gasteiger partial charge in [-0.3, -0.25) is 0 Å². The largest absolute Gasteiger partial charge is 0.495 e. The van der Waals surface area contributed by atoms with Gasteiger partial charge in [-0.05, 0) is 48.2 Å². The van der Waals surface area contributed by atoms with E-state index in [2.05, 4.69) is 25.6 Å². The van der Waals surface area contributed by atoms with E-state index in [9.17, 15) is 8.42 Å². The maximum absolute atomic E-state index is 12.6. The van der Waals surface area contributed by atoms with Gasteiger partial charge in [0.25, 0.3) is 0 Å². The Morgan fingerprint density at radius 3 is 2.62 bits per heavy atom. The summed E-state index contributed by atoms with van der Waals surface area (Å²) in [6.45, 7) is 1.43. The average molecular weight is 524 g/mol. The van der Waals surface area contributed by atoms with Crippen molar-refractivity contribution in [3.63, 3.8) is 0 Å². The van der Waals surface area contributed by atoms with E-state index in [-0.39, 0.29) is 10.9 Å². The van der Waals surface area contributed by atoms with Gasteiger partial charge in [0.1, 0.15) is 11.3 Å². The first kappa shape index (κ1) is 24.9. The monoisotopic (exact) mass is 523 g/mol. The quantitative estimate of drug-likeness (QED) is 0.316. The van der Waals surface area contributed by atoms with Gasteiger partial charge in [0, 0.05) is 33.4 Å². The van der Waals surface area contributed by atoms with Crippen LogP contribution in [0.5, 0.6) is 5.75 Å². The Hall–Kier alpha value is -3.74. The van der Waals surface area contributed by atoms with Gasteiger partial charge in [0.15, 0.2) is 11.5 Å². The second-order valence-corrected chi connectivity index (χ2v) is 11.0. The predicted octanol–water partition coefficient (Wildman–Crippen LogP) is 3.61. The lowest BCUT2D eigenvalue weighted by atomic mass is 10.0. The van der Waals surface area contributed by atoms with Gasteiger partial charge in [-0.2, -0.15) is 9.97 Å². The standard InChI is InChI=1S/C25H29N7O4S/c1-32(2)37(33,34)19-6-4-5-16(13-19)17-7-8-20(21(14-17)35-3)29-25-30-23-22(26-15-27-23)24(31-25)28-18-9-11-36-12-10-18/h4-8,13-15,18H,9-12H2,1-3H3,(H3,26,27,28,29,30,31). The van der Waals surface area contributed by atoms with Crippen LogP contribution in [0.1, 0.15) is 12.8 Å². The number of methoxy groups -OCH3 is 1. The number of aromatic nitrogens is 4. The van der Waals surface area contributed by atoms with E-state index < -0.39 is 10.0 Å². The number of anilines is 3. The number of hydrogen-bond donors (Lipinski definition) is 3. The summed E-state index contributed by atoms with van der Waals surface area (Å²) < 4.78 is 37.5. The Kier molecular flexibility index (Phi) is 6.96. The molecule has 2 aromatic heterocycles. The van der Waals surface area contributed by atoms with Crippen molar-refractivity contribution in [3.8, 4) is 16.9 Å². The first-order valence-electron chi connectivity index (χ1n) is 11.9. The molecule has 1 fully saturated rings. The highest BCUT2D eigenvalue weighted by Gasteiger charge is 2.20. The van der Waals surface area contributed by atoms with Crippen molar-refractivity contribution in [1.82, 2.24) is 24.2 Å². The predicted molar refractivity (Wildman–Crippen MR) is 142 cm³/mol. The average Bonchev–Trinajstić information content (AvgIpc) is 3.38. The second kappa shape index (κ2) is 10.3. The number of rotatable bonds is 8. The van der Waals surface area contributed by atoms with Crippen molar-refractivity contribution in [3.05, 3.63) is 48.8 Å². The molecule has 37 heavy (non-hydrogen) atoms. The molecule has 3 N–H and O–H groups in total. The van der Waals surface area contributed by atoms with E-state index in [0.29, 0.717) is 47.6 Å². The Labute approximate surface area is 215 Å². The van der Waals surface area contributed by atoms with Crippen molar-refractivity contribution in [1.29, 1.82) is 0 Å². The molecule has 1 saturated heterocycles. The van der Waals surface area contributed by atoms with E-state index >= 15 is 0 Å². The summed E-state index contributed by atoms with van der Waals surface area (Å²) in [6, 6.07) is 12.7. The molecule has 0 bridgehead atoms. The first-order valence-corrected chi connectivity index (χ1v) is 13.3. The van der Waals surface area contributed by atoms with Crippen LogP contribution in [0.25, 0.3) is 22.3 Å². The van der Waals surface area contributed by atoms with Gasteiger partial charge >= 0.3 is 0 Å². The third kappa shape index (κ3) is 5.22. The fourth-order valence-electron chi connectivity index (χ4n) is 4.17. The highest BCUT2D eigenvalue weighted by Crippen LogP contribution is 2.34. The fourth-order valence-corrected chi connectivity index (χ4v) is 5.12. The molecular weight excluding hydrogens is 494 g/mol. The second-order valence-electron chi connectivity index (χ2n) is 8.88. The zero-order chi connectivity index (χ0) is 26.0. The Bertz CT molecular complexity index is 1510. The van der Waals surface area contributed by atoms with Crippen molar-refractivity contribution >= 4 is 38.6 Å². The van der Waals surface area contributed by atoms with Gasteiger partial charge in [-0.1, -0.05) is 18.2 Å². The summed E-state index contributed by atoms with van der Waals surface area (Å²) in [4.78, 5) is 16.9. The number of imidazole rings is 1. The molecule has 2 aromatic carbocycles. The van der Waals surface area contributed by atoms with Crippen molar-refractivity contribution in [2.75, 3.05) is 45.1 Å². The molecule has 3 heterocycles. The molecule has 0 spiro atoms. The van der Waals surface area contributed by atoms with E-state index in [1.54, 1.807) is 31.6 Å². The number of ether oxygens (including phenoxy) is 2. The van der Waals surface area contributed by atoms with Gasteiger partial charge in [0.05, 0.1) is 24.0 Å². The van der Waals surface area contributed by atoms with E-state index in [4.69, 9.17) is 14.5 Å². The van der Waals surface area contributed by atoms with Crippen LogP contribution >= 0.6 is 0 Å². The van der Waals surface area contributed by atoms with Crippen LogP contribution in [0.2, 0.25) is 0 Å². The van der Waals surface area contributed by atoms with Crippen molar-refractivity contribution in [2.24, 2.45) is 0 Å². The Morgan fingerprint density at radius 1 is 1.08 bits per heavy atom. The fraction of sp³-hybridized carbons (Fsp3) is 0.320. The van der Waals surface area contributed by atoms with Gasteiger partial charge < -0.3 is 25.1 Å². The third-order valence-corrected chi connectivity index (χ3v) is 8.05. The maximum atomic E-state index is 12.6.